The van der Waals surface area contributed by atoms with Gasteiger partial charge in [-0.25, -0.2) is 0 Å². The van der Waals surface area contributed by atoms with Gasteiger partial charge in [0.25, 0.3) is 0 Å². The van der Waals surface area contributed by atoms with Crippen molar-refractivity contribution in [1.29, 1.82) is 0 Å². The molecule has 0 aromatic rings. The van der Waals surface area contributed by atoms with Gasteiger partial charge in [0, 0.05) is 0 Å². The topological polar surface area (TPSA) is 74.6 Å². The second kappa shape index (κ2) is 10.2. The van der Waals surface area contributed by atoms with E-state index in [0.717, 1.165) is 0 Å². The van der Waals surface area contributed by atoms with E-state index < -0.39 is 10.4 Å². The van der Waals surface area contributed by atoms with Crippen LogP contribution in [-0.2, 0) is 23.9 Å². The summed E-state index contributed by atoms with van der Waals surface area (Å²) in [5, 5.41) is 0. The van der Waals surface area contributed by atoms with Gasteiger partial charge in [-0.1, -0.05) is 0 Å². The van der Waals surface area contributed by atoms with Crippen molar-refractivity contribution >= 4 is 115 Å². The number of rotatable bonds is 0. The Balaban J connectivity index is -0.0000000267. The Morgan fingerprint density at radius 2 is 1.00 bits per heavy atom. The summed E-state index contributed by atoms with van der Waals surface area (Å²) < 4.78 is 31.6. The van der Waals surface area contributed by atoms with Crippen molar-refractivity contribution in [2.24, 2.45) is 0 Å². The molecule has 0 saturated heterocycles. The Labute approximate surface area is 129 Å². The molecule has 4 nitrogen and oxygen atoms in total. The van der Waals surface area contributed by atoms with E-state index in [4.69, 9.17) is 17.5 Å². The fourth-order valence-electron chi connectivity index (χ4n) is 0. The van der Waals surface area contributed by atoms with Crippen molar-refractivity contribution in [2.75, 3.05) is 0 Å². The van der Waals surface area contributed by atoms with Crippen LogP contribution in [-0.4, -0.2) is 108 Å². The minimum absolute atomic E-state index is 0. The Morgan fingerprint density at radius 3 is 1.00 bits per heavy atom. The average molecular weight is 305 g/mol. The van der Waals surface area contributed by atoms with E-state index in [1.165, 1.54) is 0 Å². The first-order valence-corrected chi connectivity index (χ1v) is 2.10. The predicted octanol–water partition coefficient (Wildman–Crippen LogP) is -1.42. The summed E-state index contributed by atoms with van der Waals surface area (Å²) in [4.78, 5) is 0. The molecule has 0 saturated carbocycles. The molecule has 0 aliphatic carbocycles. The fraction of sp³-hybridized carbons (Fsp3) is 0. The van der Waals surface area contributed by atoms with Crippen LogP contribution in [0.2, 0.25) is 0 Å². The van der Waals surface area contributed by atoms with Gasteiger partial charge < -0.3 is 13.5 Å². The molecule has 0 radical (unpaired) electrons. The third kappa shape index (κ3) is 60.7. The van der Waals surface area contributed by atoms with Gasteiger partial charge in [0.15, 0.2) is 0 Å². The van der Waals surface area contributed by atoms with Gasteiger partial charge in [0.1, 0.15) is 0 Å². The van der Waals surface area contributed by atoms with Crippen LogP contribution in [0.1, 0.15) is 0 Å². The summed E-state index contributed by atoms with van der Waals surface area (Å²) in [7, 11) is -4.67. The van der Waals surface area contributed by atoms with E-state index in [1.807, 2.05) is 0 Å². The largest absolute Gasteiger partial charge is 2.00 e. The van der Waals surface area contributed by atoms with Crippen molar-refractivity contribution < 1.29 is 17.5 Å². The second-order valence-corrected chi connectivity index (χ2v) is 1.34. The van der Waals surface area contributed by atoms with Crippen LogP contribution in [0.3, 0.4) is 0 Å². The summed E-state index contributed by atoms with van der Waals surface area (Å²) in [6.45, 7) is 0. The Morgan fingerprint density at radius 1 is 1.00 bits per heavy atom. The summed E-state index contributed by atoms with van der Waals surface area (Å²) in [5.74, 6) is 0. The van der Waals surface area contributed by atoms with Crippen LogP contribution >= 0.6 is 0 Å². The molecule has 2 N–H and O–H groups in total. The Hall–Kier alpha value is 3.18. The van der Waals surface area contributed by atoms with Gasteiger partial charge >= 0.3 is 101 Å². The van der Waals surface area contributed by atoms with Crippen molar-refractivity contribution in [3.05, 3.63) is 0 Å². The van der Waals surface area contributed by atoms with E-state index >= 15 is 0 Å². The minimum Gasteiger partial charge on any atom is -2.00 e. The third-order valence-corrected chi connectivity index (χ3v) is 0. The minimum atomic E-state index is -4.67. The van der Waals surface area contributed by atoms with Gasteiger partial charge in [0.05, 0.1) is 0 Å². The summed E-state index contributed by atoms with van der Waals surface area (Å²) >= 11 is 0. The van der Waals surface area contributed by atoms with Gasteiger partial charge in [-0.05, 0) is 0 Å². The van der Waals surface area contributed by atoms with Gasteiger partial charge in [-0.15, -0.1) is 0 Å². The maximum atomic E-state index is 8.74. The van der Waals surface area contributed by atoms with E-state index in [9.17, 15) is 0 Å². The van der Waals surface area contributed by atoms with Crippen LogP contribution in [0, 0.1) is 0 Å². The van der Waals surface area contributed by atoms with Crippen molar-refractivity contribution in [2.45, 2.75) is 0 Å². The molecule has 0 aromatic carbocycles. The Kier molecular flexibility index (Phi) is 28.6. The van der Waals surface area contributed by atoms with Gasteiger partial charge in [0.2, 0.25) is 0 Å². The van der Waals surface area contributed by atoms with Crippen LogP contribution in [0.15, 0.2) is 0 Å². The fourth-order valence-corrected chi connectivity index (χ4v) is 0. The zero-order valence-corrected chi connectivity index (χ0v) is 12.5. The van der Waals surface area contributed by atoms with Crippen molar-refractivity contribution in [3.8, 4) is 0 Å². The van der Waals surface area contributed by atoms with Crippen LogP contribution < -0.4 is 0 Å². The molecule has 0 rings (SSSR count). The standard InChI is InChI=1S/H2O4S.S.2Sr/c1-5(2,3)4;;;/h(H2,1,2,3,4);;;/q;-2;2*+2. The quantitative estimate of drug-likeness (QED) is 0.426. The predicted molar refractivity (Wildman–Crippen MR) is 33.1 cm³/mol. The molecule has 0 amide bonds. The molecule has 0 unspecified atom stereocenters. The summed E-state index contributed by atoms with van der Waals surface area (Å²) in [6.07, 6.45) is 0. The summed E-state index contributed by atoms with van der Waals surface area (Å²) in [6, 6.07) is 0. The molecule has 0 aliphatic heterocycles. The van der Waals surface area contributed by atoms with E-state index in [1.54, 1.807) is 0 Å². The SMILES string of the molecule is O=S(=O)(O)O.[S-2].[Sr+2].[Sr+2]. The Bertz CT molecular complexity index is 95.2. The third-order valence-electron chi connectivity index (χ3n) is 0. The van der Waals surface area contributed by atoms with E-state index in [2.05, 4.69) is 0 Å². The number of hydrogen-bond acceptors (Lipinski definition) is 2. The molecule has 8 heteroatoms. The van der Waals surface area contributed by atoms with Crippen molar-refractivity contribution in [1.82, 2.24) is 0 Å². The molecule has 8 heavy (non-hydrogen) atoms. The molecular formula is H2O4S2Sr2+2. The zero-order chi connectivity index (χ0) is 4.50. The molecular weight excluding hydrogens is 303 g/mol. The van der Waals surface area contributed by atoms with Crippen LogP contribution in [0.25, 0.3) is 0 Å². The molecule has 40 valence electrons. The molecule has 0 spiro atoms. The molecule has 0 aromatic heterocycles. The molecule has 0 atom stereocenters. The van der Waals surface area contributed by atoms with Crippen LogP contribution in [0.5, 0.6) is 0 Å². The van der Waals surface area contributed by atoms with Gasteiger partial charge in [-0.2, -0.15) is 8.42 Å². The average Bonchev–Trinajstić information content (AvgIpc) is 0.722. The maximum absolute atomic E-state index is 8.74. The summed E-state index contributed by atoms with van der Waals surface area (Å²) in [5.41, 5.74) is 0. The second-order valence-electron chi connectivity index (χ2n) is 0.448. The first-order chi connectivity index (χ1) is 2.00. The van der Waals surface area contributed by atoms with Crippen LogP contribution in [0.4, 0.5) is 0 Å². The normalized spacial score (nSPS) is 7.25. The first kappa shape index (κ1) is 22.5. The molecule has 0 bridgehead atoms. The van der Waals surface area contributed by atoms with E-state index in [0.29, 0.717) is 0 Å². The van der Waals surface area contributed by atoms with Crippen molar-refractivity contribution in [3.63, 3.8) is 0 Å². The molecule has 0 fully saturated rings. The maximum Gasteiger partial charge on any atom is 2.00 e. The number of hydrogen-bond donors (Lipinski definition) is 2. The first-order valence-electron chi connectivity index (χ1n) is 0.698. The smallest absolute Gasteiger partial charge is 2.00 e. The monoisotopic (exact) mass is 306 g/mol. The molecule has 0 aliphatic rings. The zero-order valence-electron chi connectivity index (χ0n) is 3.94. The molecule has 0 heterocycles. The van der Waals surface area contributed by atoms with Gasteiger partial charge in [-0.3, -0.25) is 9.11 Å². The van der Waals surface area contributed by atoms with E-state index in [-0.39, 0.29) is 104 Å².